The fraction of sp³-hybridized carbons (Fsp3) is 0.714. The summed E-state index contributed by atoms with van der Waals surface area (Å²) in [6, 6.07) is 0.932. The number of H-pyrrole nitrogens is 1. The molecule has 0 amide bonds. The second kappa shape index (κ2) is 11.8. The van der Waals surface area contributed by atoms with Crippen LogP contribution in [0.3, 0.4) is 0 Å². The summed E-state index contributed by atoms with van der Waals surface area (Å²) in [5, 5.41) is 49.5. The number of ether oxygens (including phenoxy) is 2. The van der Waals surface area contributed by atoms with Gasteiger partial charge in [-0.25, -0.2) is 0 Å². The summed E-state index contributed by atoms with van der Waals surface area (Å²) in [4.78, 5) is 34.7. The fourth-order valence-electron chi connectivity index (χ4n) is 3.23. The van der Waals surface area contributed by atoms with Crippen molar-refractivity contribution in [2.45, 2.75) is 49.1 Å². The fourth-order valence-corrected chi connectivity index (χ4v) is 6.42. The van der Waals surface area contributed by atoms with Gasteiger partial charge in [0.15, 0.2) is 0 Å². The molecule has 36 heavy (non-hydrogen) atoms. The molecule has 0 spiro atoms. The van der Waals surface area contributed by atoms with Crippen LogP contribution in [0, 0.1) is 0 Å². The molecule has 0 saturated carbocycles. The molecule has 2 saturated heterocycles. The van der Waals surface area contributed by atoms with Gasteiger partial charge in [-0.05, 0) is 0 Å². The van der Waals surface area contributed by atoms with Gasteiger partial charge in [0.1, 0.15) is 0 Å². The summed E-state index contributed by atoms with van der Waals surface area (Å²) in [5.41, 5.74) is -1.75. The number of aromatic amines is 1. The van der Waals surface area contributed by atoms with Gasteiger partial charge in [-0.2, -0.15) is 0 Å². The predicted molar refractivity (Wildman–Crippen MR) is 102 cm³/mol. The van der Waals surface area contributed by atoms with E-state index in [0.717, 1.165) is 16.8 Å². The van der Waals surface area contributed by atoms with Gasteiger partial charge in [-0.1, -0.05) is 0 Å². The van der Waals surface area contributed by atoms with Gasteiger partial charge in [0.2, 0.25) is 0 Å². The van der Waals surface area contributed by atoms with Crippen molar-refractivity contribution < 1.29 is 86.1 Å². The van der Waals surface area contributed by atoms with Gasteiger partial charge >= 0.3 is 196 Å². The van der Waals surface area contributed by atoms with Crippen molar-refractivity contribution in [3.05, 3.63) is 33.1 Å². The van der Waals surface area contributed by atoms with Gasteiger partial charge in [0.25, 0.3) is 5.56 Å². The molecule has 204 valence electrons. The van der Waals surface area contributed by atoms with E-state index in [1.54, 1.807) is 0 Å². The number of nitrogens with zero attached hydrogens (tertiary/aromatic N) is 1. The molecular formula is C14H21N2O17P2V. The topological polar surface area (TPSA) is 283 Å². The number of phosphoric ester groups is 1. The summed E-state index contributed by atoms with van der Waals surface area (Å²) < 4.78 is 64.7. The number of aliphatic hydroxyl groups is 5. The molecule has 2 aliphatic rings. The molecule has 0 aromatic carbocycles. The quantitative estimate of drug-likeness (QED) is 0.120. The van der Waals surface area contributed by atoms with E-state index >= 15 is 0 Å². The van der Waals surface area contributed by atoms with E-state index in [4.69, 9.17) is 23.6 Å². The Morgan fingerprint density at radius 3 is 2.31 bits per heavy atom. The number of hydrogen-bond donors (Lipinski definition) is 7. The van der Waals surface area contributed by atoms with Crippen molar-refractivity contribution in [3.63, 3.8) is 0 Å². The first-order valence-electron chi connectivity index (χ1n) is 9.75. The molecule has 2 fully saturated rings. The van der Waals surface area contributed by atoms with Crippen molar-refractivity contribution in [2.24, 2.45) is 0 Å². The number of aromatic nitrogens is 2. The second-order valence-corrected chi connectivity index (χ2v) is 11.4. The van der Waals surface area contributed by atoms with Gasteiger partial charge < -0.3 is 0 Å². The van der Waals surface area contributed by atoms with Crippen LogP contribution in [0.2, 0.25) is 0 Å². The van der Waals surface area contributed by atoms with Crippen molar-refractivity contribution >= 4 is 15.6 Å². The van der Waals surface area contributed by atoms with Crippen molar-refractivity contribution in [1.82, 2.24) is 9.55 Å². The first-order valence-corrected chi connectivity index (χ1v) is 13.8. The van der Waals surface area contributed by atoms with Gasteiger partial charge in [0, 0.05) is 0 Å². The minimum atomic E-state index is -5.36. The molecule has 2 aliphatic heterocycles. The van der Waals surface area contributed by atoms with Crippen molar-refractivity contribution in [3.8, 4) is 0 Å². The van der Waals surface area contributed by atoms with E-state index < -0.39 is 106 Å². The first-order chi connectivity index (χ1) is 16.8. The van der Waals surface area contributed by atoms with Crippen LogP contribution in [0.25, 0.3) is 0 Å². The summed E-state index contributed by atoms with van der Waals surface area (Å²) in [6.07, 6.45) is -12.9. The minimum absolute atomic E-state index is 0.730. The van der Waals surface area contributed by atoms with E-state index in [1.807, 2.05) is 4.98 Å². The first kappa shape index (κ1) is 29.6. The number of nitrogens with one attached hydrogen (secondary N) is 1. The standard InChI is InChI=1S/C14H22N2O16P2.O.V/c17-3-5-8(19)11(22)13(30-5)31-34(27,32-33(24,25)26)28-4-6-9(20)10(21)12(29-6)16-2-1-7(18)15-14(16)23;;/h1-2,5-6,8-13,17,19-22H,3-4H2,(H,15,18,23)(H2,24,25,26);;/q;;+1/p-1/t5-,6-,8-,9-,10-,11-,12-,13?,34?;;/m1../s1. The third kappa shape index (κ3) is 6.72. The van der Waals surface area contributed by atoms with Gasteiger partial charge in [0.05, 0.1) is 0 Å². The zero-order chi connectivity index (χ0) is 26.8. The van der Waals surface area contributed by atoms with E-state index in [2.05, 4.69) is 7.76 Å². The van der Waals surface area contributed by atoms with Crippen LogP contribution in [0.1, 0.15) is 6.23 Å². The van der Waals surface area contributed by atoms with Gasteiger partial charge in [-0.3, -0.25) is 4.79 Å². The van der Waals surface area contributed by atoms with Crippen LogP contribution in [-0.4, -0.2) is 96.1 Å². The van der Waals surface area contributed by atoms with E-state index in [-0.39, 0.29) is 0 Å². The van der Waals surface area contributed by atoms with E-state index in [0.29, 0.717) is 0 Å². The van der Waals surface area contributed by atoms with Crippen molar-refractivity contribution in [1.29, 1.82) is 0 Å². The van der Waals surface area contributed by atoms with Gasteiger partial charge in [-0.15, -0.1) is 0 Å². The molecule has 22 heteroatoms. The Kier molecular flexibility index (Phi) is 9.73. The SMILES string of the molecule is [O]=[V][O]P(=O)(O)OP(=O)(OC[C@H]1O[C@@H](n2ccc(=O)[nH]c2=O)[C@H](O)[C@@H]1O)OC1O[C@H](CO)[C@@H](O)[C@H]1O. The molecule has 3 rings (SSSR count). The summed E-state index contributed by atoms with van der Waals surface area (Å²) >= 11 is -2.44. The summed E-state index contributed by atoms with van der Waals surface area (Å²) in [5.74, 6) is 0. The molecule has 3 heterocycles. The van der Waals surface area contributed by atoms with Crippen molar-refractivity contribution in [2.75, 3.05) is 13.2 Å². The average molecular weight is 602 g/mol. The third-order valence-corrected chi connectivity index (χ3v) is 9.04. The maximum atomic E-state index is 13.1. The molecule has 10 atom stereocenters. The zero-order valence-corrected chi connectivity index (χ0v) is 20.8. The normalized spacial score (nSPS) is 35.8. The van der Waals surface area contributed by atoms with Crippen LogP contribution in [0.15, 0.2) is 21.9 Å². The molecular weight excluding hydrogens is 581 g/mol. The number of phosphoric acid groups is 2. The third-order valence-electron chi connectivity index (χ3n) is 4.93. The van der Waals surface area contributed by atoms with Crippen LogP contribution in [-0.2, 0) is 55.7 Å². The van der Waals surface area contributed by atoms with Crippen LogP contribution < -0.4 is 11.2 Å². The molecule has 7 N–H and O–H groups in total. The number of hydrogen-bond acceptors (Lipinski definition) is 16. The Bertz CT molecular complexity index is 1140. The summed E-state index contributed by atoms with van der Waals surface area (Å²) in [7, 11) is -10.7. The predicted octanol–water partition coefficient (Wildman–Crippen LogP) is -3.79. The Balaban J connectivity index is 1.78. The number of aliphatic hydroxyl groups excluding tert-OH is 5. The zero-order valence-electron chi connectivity index (χ0n) is 17.7. The van der Waals surface area contributed by atoms with E-state index in [9.17, 15) is 47.7 Å². The van der Waals surface area contributed by atoms with Crippen LogP contribution in [0.5, 0.6) is 0 Å². The Morgan fingerprint density at radius 2 is 1.72 bits per heavy atom. The molecule has 3 unspecified atom stereocenters. The second-order valence-electron chi connectivity index (χ2n) is 7.33. The summed E-state index contributed by atoms with van der Waals surface area (Å²) in [6.45, 7) is -1.82. The Morgan fingerprint density at radius 1 is 1.06 bits per heavy atom. The van der Waals surface area contributed by atoms with Crippen LogP contribution >= 0.6 is 15.6 Å². The molecule has 0 radical (unpaired) electrons. The Hall–Kier alpha value is -0.956. The Labute approximate surface area is 207 Å². The average Bonchev–Trinajstić information content (AvgIpc) is 3.22. The monoisotopic (exact) mass is 602 g/mol. The molecule has 0 bridgehead atoms. The molecule has 1 aromatic rings. The maximum absolute atomic E-state index is 13.1. The molecule has 19 nitrogen and oxygen atoms in total. The van der Waals surface area contributed by atoms with E-state index in [1.165, 1.54) is 0 Å². The van der Waals surface area contributed by atoms with Crippen LogP contribution in [0.4, 0.5) is 0 Å². The molecule has 0 aliphatic carbocycles. The molecule has 1 aromatic heterocycles. The number of rotatable bonds is 11.